The SMILES string of the molecule is CC(Cl)c1ccc(C(=O)NCCc2cc(Cl)ccc2O)o1. The van der Waals surface area contributed by atoms with E-state index < -0.39 is 0 Å². The molecule has 0 radical (unpaired) electrons. The zero-order valence-electron chi connectivity index (χ0n) is 11.4. The summed E-state index contributed by atoms with van der Waals surface area (Å²) < 4.78 is 5.34. The molecule has 1 aromatic heterocycles. The third kappa shape index (κ3) is 4.16. The number of phenols is 1. The summed E-state index contributed by atoms with van der Waals surface area (Å²) in [6.07, 6.45) is 0.470. The summed E-state index contributed by atoms with van der Waals surface area (Å²) in [5.41, 5.74) is 0.678. The van der Waals surface area contributed by atoms with E-state index in [2.05, 4.69) is 5.32 Å². The summed E-state index contributed by atoms with van der Waals surface area (Å²) in [6, 6.07) is 8.07. The normalized spacial score (nSPS) is 12.1. The van der Waals surface area contributed by atoms with Gasteiger partial charge < -0.3 is 14.8 Å². The van der Waals surface area contributed by atoms with E-state index in [1.807, 2.05) is 0 Å². The number of halogens is 2. The van der Waals surface area contributed by atoms with Crippen LogP contribution in [0.1, 0.15) is 34.2 Å². The number of hydrogen-bond acceptors (Lipinski definition) is 3. The molecule has 2 aromatic rings. The van der Waals surface area contributed by atoms with Crippen LogP contribution in [0.15, 0.2) is 34.7 Å². The van der Waals surface area contributed by atoms with Gasteiger partial charge in [0, 0.05) is 11.6 Å². The average Bonchev–Trinajstić information content (AvgIpc) is 2.92. The van der Waals surface area contributed by atoms with Gasteiger partial charge >= 0.3 is 0 Å². The molecule has 1 heterocycles. The van der Waals surface area contributed by atoms with Gasteiger partial charge in [-0.1, -0.05) is 11.6 Å². The molecule has 1 amide bonds. The van der Waals surface area contributed by atoms with E-state index in [1.54, 1.807) is 31.2 Å². The van der Waals surface area contributed by atoms with Crippen molar-refractivity contribution in [1.82, 2.24) is 5.32 Å². The molecule has 0 aliphatic heterocycles. The largest absolute Gasteiger partial charge is 0.508 e. The van der Waals surface area contributed by atoms with Crippen LogP contribution in [0.2, 0.25) is 5.02 Å². The molecule has 21 heavy (non-hydrogen) atoms. The van der Waals surface area contributed by atoms with Crippen LogP contribution in [-0.4, -0.2) is 17.6 Å². The highest BCUT2D eigenvalue weighted by molar-refractivity contribution is 6.30. The van der Waals surface area contributed by atoms with E-state index in [-0.39, 0.29) is 22.8 Å². The van der Waals surface area contributed by atoms with Crippen LogP contribution in [0.5, 0.6) is 5.75 Å². The van der Waals surface area contributed by atoms with Crippen molar-refractivity contribution in [2.75, 3.05) is 6.54 Å². The summed E-state index contributed by atoms with van der Waals surface area (Å²) in [5.74, 6) is 0.604. The van der Waals surface area contributed by atoms with Crippen molar-refractivity contribution in [1.29, 1.82) is 0 Å². The van der Waals surface area contributed by atoms with Gasteiger partial charge in [0.1, 0.15) is 11.5 Å². The first-order chi connectivity index (χ1) is 9.97. The van der Waals surface area contributed by atoms with Gasteiger partial charge in [-0.15, -0.1) is 11.6 Å². The maximum atomic E-state index is 11.9. The standard InChI is InChI=1S/C15H15Cl2NO3/c1-9(16)13-4-5-14(21-13)15(20)18-7-6-10-8-11(17)2-3-12(10)19/h2-5,8-9,19H,6-7H2,1H3,(H,18,20). The third-order valence-electron chi connectivity index (χ3n) is 2.96. The highest BCUT2D eigenvalue weighted by Crippen LogP contribution is 2.22. The molecule has 112 valence electrons. The minimum Gasteiger partial charge on any atom is -0.508 e. The lowest BCUT2D eigenvalue weighted by Crippen LogP contribution is -2.25. The lowest BCUT2D eigenvalue weighted by molar-refractivity contribution is 0.0924. The van der Waals surface area contributed by atoms with E-state index >= 15 is 0 Å². The molecular weight excluding hydrogens is 313 g/mol. The Kier molecular flexibility index (Phi) is 5.15. The van der Waals surface area contributed by atoms with Crippen LogP contribution in [0, 0.1) is 0 Å². The Balaban J connectivity index is 1.90. The van der Waals surface area contributed by atoms with Crippen molar-refractivity contribution in [2.24, 2.45) is 0 Å². The molecule has 2 N–H and O–H groups in total. The van der Waals surface area contributed by atoms with Crippen LogP contribution in [0.4, 0.5) is 0 Å². The fraction of sp³-hybridized carbons (Fsp3) is 0.267. The number of rotatable bonds is 5. The van der Waals surface area contributed by atoms with Gasteiger partial charge in [0.15, 0.2) is 5.76 Å². The number of aromatic hydroxyl groups is 1. The highest BCUT2D eigenvalue weighted by atomic mass is 35.5. The number of furan rings is 1. The molecule has 1 atom stereocenters. The van der Waals surface area contributed by atoms with Crippen LogP contribution >= 0.6 is 23.2 Å². The van der Waals surface area contributed by atoms with Crippen molar-refractivity contribution in [3.05, 3.63) is 52.4 Å². The molecule has 1 unspecified atom stereocenters. The van der Waals surface area contributed by atoms with Crippen LogP contribution in [-0.2, 0) is 6.42 Å². The summed E-state index contributed by atoms with van der Waals surface area (Å²) in [5, 5.41) is 12.7. The van der Waals surface area contributed by atoms with Crippen molar-refractivity contribution in [2.45, 2.75) is 18.7 Å². The van der Waals surface area contributed by atoms with Crippen molar-refractivity contribution < 1.29 is 14.3 Å². The predicted molar refractivity (Wildman–Crippen MR) is 82.1 cm³/mol. The number of carbonyl (C=O) groups excluding carboxylic acids is 1. The van der Waals surface area contributed by atoms with E-state index in [9.17, 15) is 9.90 Å². The Hall–Kier alpha value is -1.65. The summed E-state index contributed by atoms with van der Waals surface area (Å²) in [4.78, 5) is 11.9. The molecule has 4 nitrogen and oxygen atoms in total. The first-order valence-corrected chi connectivity index (χ1v) is 7.28. The Morgan fingerprint density at radius 1 is 1.38 bits per heavy atom. The molecule has 0 saturated heterocycles. The van der Waals surface area contributed by atoms with Crippen LogP contribution < -0.4 is 5.32 Å². The van der Waals surface area contributed by atoms with Crippen molar-refractivity contribution in [3.63, 3.8) is 0 Å². The number of amides is 1. The molecular formula is C15H15Cl2NO3. The lowest BCUT2D eigenvalue weighted by Gasteiger charge is -2.06. The molecule has 2 rings (SSSR count). The van der Waals surface area contributed by atoms with Gasteiger partial charge in [0.2, 0.25) is 0 Å². The fourth-order valence-corrected chi connectivity index (χ4v) is 2.15. The molecule has 1 aromatic carbocycles. The first-order valence-electron chi connectivity index (χ1n) is 6.47. The Morgan fingerprint density at radius 3 is 2.81 bits per heavy atom. The summed E-state index contributed by atoms with van der Waals surface area (Å²) in [7, 11) is 0. The zero-order chi connectivity index (χ0) is 15.4. The monoisotopic (exact) mass is 327 g/mol. The predicted octanol–water partition coefficient (Wildman–Crippen LogP) is 3.91. The zero-order valence-corrected chi connectivity index (χ0v) is 12.9. The number of nitrogens with one attached hydrogen (secondary N) is 1. The van der Waals surface area contributed by atoms with E-state index in [4.69, 9.17) is 27.6 Å². The maximum Gasteiger partial charge on any atom is 0.287 e. The molecule has 0 fully saturated rings. The minimum absolute atomic E-state index is 0.157. The van der Waals surface area contributed by atoms with Crippen molar-refractivity contribution >= 4 is 29.1 Å². The average molecular weight is 328 g/mol. The third-order valence-corrected chi connectivity index (χ3v) is 3.41. The van der Waals surface area contributed by atoms with Gasteiger partial charge in [0.05, 0.1) is 5.38 Å². The molecule has 0 spiro atoms. The van der Waals surface area contributed by atoms with Crippen LogP contribution in [0.25, 0.3) is 0 Å². The van der Waals surface area contributed by atoms with Gasteiger partial charge in [-0.05, 0) is 49.2 Å². The van der Waals surface area contributed by atoms with Gasteiger partial charge in [-0.2, -0.15) is 0 Å². The number of benzene rings is 1. The molecule has 0 aliphatic carbocycles. The molecule has 0 saturated carbocycles. The first kappa shape index (κ1) is 15.7. The fourth-order valence-electron chi connectivity index (χ4n) is 1.84. The smallest absolute Gasteiger partial charge is 0.287 e. The Labute approximate surface area is 132 Å². The topological polar surface area (TPSA) is 62.5 Å². The quantitative estimate of drug-likeness (QED) is 0.818. The second kappa shape index (κ2) is 6.87. The van der Waals surface area contributed by atoms with Gasteiger partial charge in [0.25, 0.3) is 5.91 Å². The van der Waals surface area contributed by atoms with Gasteiger partial charge in [-0.25, -0.2) is 0 Å². The summed E-state index contributed by atoms with van der Waals surface area (Å²) >= 11 is 11.7. The number of carbonyl (C=O) groups is 1. The van der Waals surface area contributed by atoms with E-state index in [1.165, 1.54) is 6.07 Å². The highest BCUT2D eigenvalue weighted by Gasteiger charge is 2.13. The maximum absolute atomic E-state index is 11.9. The lowest BCUT2D eigenvalue weighted by atomic mass is 10.1. The Bertz CT molecular complexity index is 638. The van der Waals surface area contributed by atoms with Crippen molar-refractivity contribution in [3.8, 4) is 5.75 Å². The second-order valence-corrected chi connectivity index (χ2v) is 5.69. The van der Waals surface area contributed by atoms with Gasteiger partial charge in [-0.3, -0.25) is 4.79 Å². The molecule has 6 heteroatoms. The number of hydrogen-bond donors (Lipinski definition) is 2. The van der Waals surface area contributed by atoms with Crippen LogP contribution in [0.3, 0.4) is 0 Å². The second-order valence-electron chi connectivity index (χ2n) is 4.60. The van der Waals surface area contributed by atoms with E-state index in [0.29, 0.717) is 29.3 Å². The minimum atomic E-state index is -0.319. The number of alkyl halides is 1. The summed E-state index contributed by atoms with van der Waals surface area (Å²) in [6.45, 7) is 2.13. The molecule has 0 aliphatic rings. The van der Waals surface area contributed by atoms with E-state index in [0.717, 1.165) is 0 Å². The number of phenolic OH excluding ortho intramolecular Hbond substituents is 1. The molecule has 0 bridgehead atoms. The Morgan fingerprint density at radius 2 is 2.14 bits per heavy atom.